The van der Waals surface area contributed by atoms with Gasteiger partial charge in [-0.3, -0.25) is 13.9 Å². The fourth-order valence-corrected chi connectivity index (χ4v) is 3.80. The number of rotatable bonds is 18. The molecule has 0 aromatic rings. The Morgan fingerprint density at radius 2 is 1.18 bits per heavy atom. The van der Waals surface area contributed by atoms with Gasteiger partial charge in [0.15, 0.2) is 0 Å². The monoisotopic (exact) mass is 570 g/mol. The van der Waals surface area contributed by atoms with E-state index in [1.165, 1.54) is 14.0 Å². The average molecular weight is 571 g/mol. The van der Waals surface area contributed by atoms with E-state index in [9.17, 15) is 18.9 Å². The highest BCUT2D eigenvalue weighted by atomic mass is 31.2. The third kappa shape index (κ3) is 15.8. The second-order valence-corrected chi connectivity index (χ2v) is 10.2. The second kappa shape index (κ2) is 19.6. The molecule has 15 heteroatoms. The first-order chi connectivity index (χ1) is 17.9. The van der Waals surface area contributed by atoms with Crippen LogP contribution in [0.25, 0.3) is 0 Å². The van der Waals surface area contributed by atoms with Crippen LogP contribution in [0.1, 0.15) is 73.1 Å². The van der Waals surface area contributed by atoms with Gasteiger partial charge in [-0.1, -0.05) is 31.3 Å². The summed E-state index contributed by atoms with van der Waals surface area (Å²) in [6, 6.07) is -0.379. The fourth-order valence-electron chi connectivity index (χ4n) is 2.46. The summed E-state index contributed by atoms with van der Waals surface area (Å²) in [7, 11) is -2.74. The van der Waals surface area contributed by atoms with Crippen LogP contribution < -0.4 is 5.73 Å². The van der Waals surface area contributed by atoms with Gasteiger partial charge in [-0.2, -0.15) is 0 Å². The van der Waals surface area contributed by atoms with Crippen LogP contribution in [0.4, 0.5) is 9.59 Å². The van der Waals surface area contributed by atoms with Gasteiger partial charge >= 0.3 is 32.0 Å². The van der Waals surface area contributed by atoms with Crippen molar-refractivity contribution in [2.75, 3.05) is 46.7 Å². The molecule has 0 heterocycles. The minimum Gasteiger partial charge on any atom is -0.434 e. The predicted molar refractivity (Wildman–Crippen MR) is 138 cm³/mol. The van der Waals surface area contributed by atoms with E-state index in [-0.39, 0.29) is 64.5 Å². The van der Waals surface area contributed by atoms with E-state index in [1.807, 2.05) is 13.8 Å². The van der Waals surface area contributed by atoms with Gasteiger partial charge in [-0.05, 0) is 26.7 Å². The Kier molecular flexibility index (Phi) is 18.4. The largest absolute Gasteiger partial charge is 0.508 e. The molecular weight excluding hydrogens is 525 g/mol. The molecule has 1 atom stereocenters. The lowest BCUT2D eigenvalue weighted by molar-refractivity contribution is -1.02. The van der Waals surface area contributed by atoms with E-state index in [1.54, 1.807) is 13.8 Å². The van der Waals surface area contributed by atoms with E-state index in [2.05, 4.69) is 4.76 Å². The molecule has 0 aromatic carbocycles. The lowest BCUT2D eigenvalue weighted by Crippen LogP contribution is -2.58. The lowest BCUT2D eigenvalue weighted by atomic mass is 10.3. The smallest absolute Gasteiger partial charge is 0.434 e. The summed E-state index contributed by atoms with van der Waals surface area (Å²) >= 11 is 0. The quantitative estimate of drug-likeness (QED) is 0.0467. The first kappa shape index (κ1) is 35.6. The Bertz CT molecular complexity index is 759. The van der Waals surface area contributed by atoms with Crippen LogP contribution >= 0.6 is 7.75 Å². The molecule has 1 unspecified atom stereocenters. The Morgan fingerprint density at radius 3 is 1.53 bits per heavy atom. The number of quaternary nitrogens is 1. The molecule has 0 aliphatic carbocycles. The van der Waals surface area contributed by atoms with Crippen LogP contribution in [0.2, 0.25) is 0 Å². The molecule has 0 saturated heterocycles. The van der Waals surface area contributed by atoms with Gasteiger partial charge in [0.2, 0.25) is 0 Å². The number of carbonyl (C=O) groups is 3. The molecule has 0 rings (SSSR count). The van der Waals surface area contributed by atoms with E-state index in [0.717, 1.165) is 25.7 Å². The predicted octanol–water partition coefficient (Wildman–Crippen LogP) is 4.46. The highest BCUT2D eigenvalue weighted by Gasteiger charge is 2.40. The second-order valence-electron chi connectivity index (χ2n) is 8.57. The van der Waals surface area contributed by atoms with Crippen molar-refractivity contribution in [3.63, 3.8) is 0 Å². The molecule has 0 amide bonds. The molecule has 0 aliphatic rings. The van der Waals surface area contributed by atoms with Gasteiger partial charge in [0.25, 0.3) is 0 Å². The molecule has 0 saturated carbocycles. The van der Waals surface area contributed by atoms with Crippen molar-refractivity contribution >= 4 is 32.0 Å². The molecule has 2 N–H and O–H groups in total. The van der Waals surface area contributed by atoms with Gasteiger partial charge in [-0.25, -0.2) is 18.9 Å². The SMILES string of the molecule is CCCCOC(=O)OCCCOP(=O)(N=C(N)[N+](C)(OC(C)=O)C(C)C)OCCCOC(=O)OCCCC. The zero-order valence-electron chi connectivity index (χ0n) is 23.5. The Labute approximate surface area is 225 Å². The summed E-state index contributed by atoms with van der Waals surface area (Å²) in [4.78, 5) is 39.9. The molecular formula is C23H45N3O11P+. The third-order valence-electron chi connectivity index (χ3n) is 4.95. The topological polar surface area (TPSA) is 171 Å². The van der Waals surface area contributed by atoms with Gasteiger partial charge in [0.05, 0.1) is 39.6 Å². The Hall–Kier alpha value is -2.41. The van der Waals surface area contributed by atoms with Crippen LogP contribution in [0.15, 0.2) is 4.76 Å². The molecule has 0 aromatic heterocycles. The maximum absolute atomic E-state index is 13.4. The van der Waals surface area contributed by atoms with E-state index >= 15 is 0 Å². The maximum atomic E-state index is 13.4. The first-order valence-corrected chi connectivity index (χ1v) is 14.3. The number of hydrogen-bond donors (Lipinski definition) is 1. The van der Waals surface area contributed by atoms with Gasteiger partial charge in [-0.15, -0.1) is 4.76 Å². The molecule has 0 radical (unpaired) electrons. The highest BCUT2D eigenvalue weighted by molar-refractivity contribution is 7.52. The number of unbranched alkanes of at least 4 members (excludes halogenated alkanes) is 2. The van der Waals surface area contributed by atoms with Crippen LogP contribution in [-0.2, 0) is 42.2 Å². The summed E-state index contributed by atoms with van der Waals surface area (Å²) in [5.41, 5.74) is 6.08. The van der Waals surface area contributed by atoms with E-state index in [0.29, 0.717) is 0 Å². The number of hydroxylamine groups is 3. The standard InChI is InChI=1S/C23H45N3O11P/c1-7-9-13-31-22(28)33-15-11-17-35-38(30,25-21(24)26(6,19(3)4)37-20(5)27)36-18-12-16-34-23(29)32-14-10-8-2/h19H,7-18H2,1-6H3,(H2,24,25,30)/q+1. The van der Waals surface area contributed by atoms with Crippen molar-refractivity contribution in [2.45, 2.75) is 79.2 Å². The van der Waals surface area contributed by atoms with Crippen molar-refractivity contribution in [2.24, 2.45) is 10.5 Å². The van der Waals surface area contributed by atoms with Gasteiger partial charge in [0.1, 0.15) is 13.1 Å². The normalized spacial score (nSPS) is 13.5. The molecule has 0 aliphatic heterocycles. The summed E-state index contributed by atoms with van der Waals surface area (Å²) in [5, 5.41) is 0. The molecule has 0 spiro atoms. The zero-order valence-corrected chi connectivity index (χ0v) is 24.4. The van der Waals surface area contributed by atoms with Crippen LogP contribution in [-0.4, -0.2) is 81.6 Å². The van der Waals surface area contributed by atoms with Gasteiger partial charge in [0, 0.05) is 19.8 Å². The number of hydrogen-bond acceptors (Lipinski definition) is 11. The molecule has 14 nitrogen and oxygen atoms in total. The highest BCUT2D eigenvalue weighted by Crippen LogP contribution is 2.50. The molecule has 0 bridgehead atoms. The maximum Gasteiger partial charge on any atom is 0.508 e. The molecule has 222 valence electrons. The number of guanidine groups is 1. The van der Waals surface area contributed by atoms with Crippen LogP contribution in [0, 0.1) is 0 Å². The summed E-state index contributed by atoms with van der Waals surface area (Å²) in [6.07, 6.45) is 1.92. The molecule has 38 heavy (non-hydrogen) atoms. The van der Waals surface area contributed by atoms with Crippen molar-refractivity contribution in [1.29, 1.82) is 0 Å². The summed E-state index contributed by atoms with van der Waals surface area (Å²) < 4.78 is 47.2. The summed E-state index contributed by atoms with van der Waals surface area (Å²) in [5.74, 6) is -0.938. The van der Waals surface area contributed by atoms with E-state index < -0.39 is 30.7 Å². The number of ether oxygens (including phenoxy) is 4. The molecule has 0 fully saturated rings. The van der Waals surface area contributed by atoms with Crippen molar-refractivity contribution in [1.82, 2.24) is 0 Å². The Morgan fingerprint density at radius 1 is 0.789 bits per heavy atom. The first-order valence-electron chi connectivity index (χ1n) is 12.8. The minimum atomic E-state index is -4.21. The van der Waals surface area contributed by atoms with Crippen LogP contribution in [0.3, 0.4) is 0 Å². The number of carbonyl (C=O) groups excluding carboxylic acids is 3. The van der Waals surface area contributed by atoms with Crippen molar-refractivity contribution < 1.29 is 56.4 Å². The minimum absolute atomic E-state index is 0.0502. The zero-order chi connectivity index (χ0) is 29.0. The number of nitrogens with zero attached hydrogens (tertiary/aromatic N) is 2. The van der Waals surface area contributed by atoms with E-state index in [4.69, 9.17) is 38.6 Å². The number of nitrogens with two attached hydrogens (primary N) is 1. The average Bonchev–Trinajstić information content (AvgIpc) is 2.83. The third-order valence-corrected chi connectivity index (χ3v) is 6.41. The van der Waals surface area contributed by atoms with Gasteiger partial charge < -0.3 is 24.7 Å². The fraction of sp³-hybridized carbons (Fsp3) is 0.826. The van der Waals surface area contributed by atoms with Crippen molar-refractivity contribution in [3.05, 3.63) is 0 Å². The summed E-state index contributed by atoms with van der Waals surface area (Å²) in [6.45, 7) is 8.70. The Balaban J connectivity index is 5.12. The van der Waals surface area contributed by atoms with Crippen molar-refractivity contribution in [3.8, 4) is 0 Å². The lowest BCUT2D eigenvalue weighted by Gasteiger charge is -2.32. The van der Waals surface area contributed by atoms with Crippen LogP contribution in [0.5, 0.6) is 0 Å².